The van der Waals surface area contributed by atoms with E-state index >= 15 is 0 Å². The smallest absolute Gasteiger partial charge is 0.172 e. The number of nitriles is 1. The molecule has 1 rings (SSSR count). The Hall–Kier alpha value is -1.03. The van der Waals surface area contributed by atoms with E-state index in [0.717, 1.165) is 6.20 Å². The van der Waals surface area contributed by atoms with E-state index in [1.54, 1.807) is 6.07 Å². The molecule has 0 saturated heterocycles. The molecule has 1 aromatic heterocycles. The summed E-state index contributed by atoms with van der Waals surface area (Å²) < 4.78 is 19.7. The van der Waals surface area contributed by atoms with Crippen molar-refractivity contribution in [1.82, 2.24) is 4.98 Å². The number of pyridine rings is 1. The molecule has 0 fully saturated rings. The molecule has 0 spiro atoms. The van der Waals surface area contributed by atoms with Gasteiger partial charge < -0.3 is 4.55 Å². The number of aromatic nitrogens is 1. The van der Waals surface area contributed by atoms with Crippen LogP contribution in [0.25, 0.3) is 0 Å². The van der Waals surface area contributed by atoms with Gasteiger partial charge in [-0.15, -0.1) is 0 Å². The largest absolute Gasteiger partial charge is 0.302 e. The minimum absolute atomic E-state index is 0.0523. The van der Waals surface area contributed by atoms with Gasteiger partial charge in [0.15, 0.2) is 8.77 Å². The topological polar surface area (TPSA) is 74.0 Å². The normalized spacial score (nSPS) is 13.0. The van der Waals surface area contributed by atoms with E-state index in [1.807, 2.05) is 13.8 Å². The van der Waals surface area contributed by atoms with Gasteiger partial charge in [0.25, 0.3) is 0 Å². The van der Waals surface area contributed by atoms with Gasteiger partial charge in [-0.2, -0.15) is 5.26 Å². The third-order valence-corrected chi connectivity index (χ3v) is 2.56. The van der Waals surface area contributed by atoms with Crippen LogP contribution in [0.5, 0.6) is 0 Å². The van der Waals surface area contributed by atoms with Crippen LogP contribution in [0, 0.1) is 11.3 Å². The first-order valence-electron chi connectivity index (χ1n) is 3.87. The zero-order valence-electron chi connectivity index (χ0n) is 7.80. The maximum atomic E-state index is 10.8. The Kier molecular flexibility index (Phi) is 5.23. The van der Waals surface area contributed by atoms with Crippen molar-refractivity contribution in [2.24, 2.45) is 0 Å². The van der Waals surface area contributed by atoms with Gasteiger partial charge >= 0.3 is 0 Å². The molecule has 14 heavy (non-hydrogen) atoms. The average Bonchev–Trinajstić information content (AvgIpc) is 2.20. The van der Waals surface area contributed by atoms with Gasteiger partial charge in [-0.25, -0.2) is 9.19 Å². The highest BCUT2D eigenvalue weighted by molar-refractivity contribution is 8.29. The molecule has 0 aromatic carbocycles. The van der Waals surface area contributed by atoms with Crippen LogP contribution in [0.3, 0.4) is 0 Å². The van der Waals surface area contributed by atoms with E-state index in [-0.39, 0.29) is 10.6 Å². The summed E-state index contributed by atoms with van der Waals surface area (Å²) in [4.78, 5) is 3.65. The van der Waals surface area contributed by atoms with Crippen molar-refractivity contribution >= 4 is 20.0 Å². The Morgan fingerprint density at radius 3 is 2.43 bits per heavy atom. The van der Waals surface area contributed by atoms with Crippen LogP contribution in [0.2, 0.25) is 0 Å². The number of nitrogens with zero attached hydrogens (tertiary/aromatic N) is 2. The molecule has 76 valence electrons. The zero-order chi connectivity index (χ0) is 11.2. The second kappa shape index (κ2) is 5.65. The molecule has 6 heteroatoms. The monoisotopic (exact) mass is 230 g/mol. The predicted molar refractivity (Wildman–Crippen MR) is 56.7 cm³/mol. The molecule has 0 amide bonds. The number of hydrogen-bond donors (Lipinski definition) is 1. The van der Waals surface area contributed by atoms with Crippen LogP contribution in [-0.4, -0.2) is 13.7 Å². The van der Waals surface area contributed by atoms with Crippen molar-refractivity contribution in [3.8, 4) is 6.07 Å². The molecule has 4 nitrogen and oxygen atoms in total. The molecule has 0 bridgehead atoms. The third-order valence-electron chi connectivity index (χ3n) is 1.15. The molecule has 1 heterocycles. The second-order valence-corrected chi connectivity index (χ2v) is 4.74. The molecule has 0 aliphatic heterocycles. The molecular formula is C8H10N2O2S2. The lowest BCUT2D eigenvalue weighted by atomic mass is 10.4. The summed E-state index contributed by atoms with van der Waals surface area (Å²) in [5.41, 5.74) is 0.192. The first-order valence-corrected chi connectivity index (χ1v) is 6.31. The molecular weight excluding hydrogens is 220 g/mol. The number of rotatable bonds is 1. The van der Waals surface area contributed by atoms with Crippen LogP contribution in [-0.2, 0) is 20.0 Å². The number of hydrogen-bond acceptors (Lipinski definition) is 4. The predicted octanol–water partition coefficient (Wildman–Crippen LogP) is 1.56. The highest BCUT2D eigenvalue weighted by atomic mass is 32.8. The van der Waals surface area contributed by atoms with Crippen LogP contribution in [0.4, 0.5) is 0 Å². The second-order valence-electron chi connectivity index (χ2n) is 1.97. The Labute approximate surface area is 88.1 Å². The van der Waals surface area contributed by atoms with Gasteiger partial charge in [0, 0.05) is 17.4 Å². The summed E-state index contributed by atoms with van der Waals surface area (Å²) in [5.74, 6) is 0. The van der Waals surface area contributed by atoms with E-state index in [2.05, 4.69) is 16.2 Å². The Morgan fingerprint density at radius 1 is 1.57 bits per heavy atom. The zero-order valence-corrected chi connectivity index (χ0v) is 9.43. The van der Waals surface area contributed by atoms with Gasteiger partial charge in [0.2, 0.25) is 0 Å². The average molecular weight is 230 g/mol. The summed E-state index contributed by atoms with van der Waals surface area (Å²) in [6.07, 6.45) is 1.13. The Morgan fingerprint density at radius 2 is 2.14 bits per heavy atom. The Balaban J connectivity index is 0.000000791. The maximum absolute atomic E-state index is 10.8. The van der Waals surface area contributed by atoms with E-state index in [4.69, 9.17) is 9.81 Å². The standard InChI is InChI=1S/C6H4N2O2S2.C2H6/c7-3-5-1-2-6(4-8-5)12(9,10)11;1-2/h1-2,4H,(H,9,10,11);1-2H3. The van der Waals surface area contributed by atoms with Gasteiger partial charge in [-0.3, -0.25) is 0 Å². The quantitative estimate of drug-likeness (QED) is 0.792. The van der Waals surface area contributed by atoms with Crippen molar-refractivity contribution < 1.29 is 8.76 Å². The molecule has 1 aromatic rings. The van der Waals surface area contributed by atoms with E-state index < -0.39 is 8.77 Å². The molecule has 0 aliphatic carbocycles. The summed E-state index contributed by atoms with van der Waals surface area (Å²) in [6, 6.07) is 4.45. The van der Waals surface area contributed by atoms with Crippen LogP contribution in [0.15, 0.2) is 23.2 Å². The molecule has 1 atom stereocenters. The van der Waals surface area contributed by atoms with Crippen LogP contribution >= 0.6 is 0 Å². The van der Waals surface area contributed by atoms with E-state index in [1.165, 1.54) is 12.1 Å². The van der Waals surface area contributed by atoms with Gasteiger partial charge in [0.05, 0.1) is 4.90 Å². The molecule has 0 aliphatic rings. The fourth-order valence-electron chi connectivity index (χ4n) is 0.599. The summed E-state index contributed by atoms with van der Waals surface area (Å²) in [6.45, 7) is 4.00. The van der Waals surface area contributed by atoms with Crippen molar-refractivity contribution in [3.05, 3.63) is 24.0 Å². The van der Waals surface area contributed by atoms with Gasteiger partial charge in [-0.1, -0.05) is 13.8 Å². The van der Waals surface area contributed by atoms with Crippen molar-refractivity contribution in [1.29, 1.82) is 5.26 Å². The maximum Gasteiger partial charge on any atom is 0.172 e. The first-order chi connectivity index (χ1) is 6.54. The lowest BCUT2D eigenvalue weighted by molar-refractivity contribution is 0.561. The SMILES string of the molecule is CC.N#Cc1ccc(S(=O)(O)=S)cn1. The van der Waals surface area contributed by atoms with Gasteiger partial charge in [0.1, 0.15) is 11.8 Å². The van der Waals surface area contributed by atoms with Crippen molar-refractivity contribution in [2.75, 3.05) is 0 Å². The van der Waals surface area contributed by atoms with E-state index in [0.29, 0.717) is 0 Å². The van der Waals surface area contributed by atoms with E-state index in [9.17, 15) is 4.21 Å². The molecule has 0 saturated carbocycles. The molecule has 0 radical (unpaired) electrons. The summed E-state index contributed by atoms with van der Waals surface area (Å²) in [5, 5.41) is 8.36. The first kappa shape index (κ1) is 13.0. The van der Waals surface area contributed by atoms with Gasteiger partial charge in [-0.05, 0) is 12.1 Å². The van der Waals surface area contributed by atoms with Crippen LogP contribution in [0.1, 0.15) is 19.5 Å². The molecule has 1 unspecified atom stereocenters. The lowest BCUT2D eigenvalue weighted by Crippen LogP contribution is -1.97. The third kappa shape index (κ3) is 3.79. The van der Waals surface area contributed by atoms with Crippen molar-refractivity contribution in [3.63, 3.8) is 0 Å². The highest BCUT2D eigenvalue weighted by Crippen LogP contribution is 2.06. The minimum Gasteiger partial charge on any atom is -0.302 e. The lowest BCUT2D eigenvalue weighted by Gasteiger charge is -1.96. The fraction of sp³-hybridized carbons (Fsp3) is 0.250. The highest BCUT2D eigenvalue weighted by Gasteiger charge is 2.04. The molecule has 1 N–H and O–H groups in total. The Bertz CT molecular complexity index is 418. The summed E-state index contributed by atoms with van der Waals surface area (Å²) in [7, 11) is -3.37. The summed E-state index contributed by atoms with van der Waals surface area (Å²) >= 11 is 4.29. The fourth-order valence-corrected chi connectivity index (χ4v) is 1.32. The minimum atomic E-state index is -3.37. The van der Waals surface area contributed by atoms with Crippen LogP contribution < -0.4 is 0 Å². The van der Waals surface area contributed by atoms with Crippen molar-refractivity contribution in [2.45, 2.75) is 18.7 Å².